The second-order valence-corrected chi connectivity index (χ2v) is 4.85. The molecule has 0 saturated heterocycles. The molecule has 0 radical (unpaired) electrons. The van der Waals surface area contributed by atoms with E-state index in [0.717, 1.165) is 5.56 Å². The highest BCUT2D eigenvalue weighted by Crippen LogP contribution is 2.15. The van der Waals surface area contributed by atoms with Crippen LogP contribution in [-0.4, -0.2) is 11.7 Å². The number of nitrogens with one attached hydrogen (secondary N) is 1. The molecule has 0 saturated carbocycles. The van der Waals surface area contributed by atoms with E-state index in [1.54, 1.807) is 0 Å². The first kappa shape index (κ1) is 13.0. The molecule has 1 unspecified atom stereocenters. The van der Waals surface area contributed by atoms with Crippen molar-refractivity contribution < 1.29 is 4.79 Å². The Morgan fingerprint density at radius 3 is 2.67 bits per heavy atom. The van der Waals surface area contributed by atoms with Gasteiger partial charge in [0.05, 0.1) is 0 Å². The van der Waals surface area contributed by atoms with E-state index in [4.69, 9.17) is 0 Å². The van der Waals surface area contributed by atoms with Gasteiger partial charge in [0.2, 0.25) is 5.91 Å². The second-order valence-electron chi connectivity index (χ2n) is 4.48. The van der Waals surface area contributed by atoms with Gasteiger partial charge in [-0.3, -0.25) is 4.79 Å². The molecule has 0 spiro atoms. The third-order valence-electron chi connectivity index (χ3n) is 3.00. The SMILES string of the molecule is CC(CS)C(=O)NCc1ccc2ccccc2c1. The van der Waals surface area contributed by atoms with E-state index in [1.165, 1.54) is 10.8 Å². The zero-order valence-electron chi connectivity index (χ0n) is 10.4. The van der Waals surface area contributed by atoms with Crippen LogP contribution in [-0.2, 0) is 11.3 Å². The zero-order chi connectivity index (χ0) is 13.0. The van der Waals surface area contributed by atoms with Crippen LogP contribution in [0.15, 0.2) is 42.5 Å². The van der Waals surface area contributed by atoms with E-state index in [-0.39, 0.29) is 11.8 Å². The summed E-state index contributed by atoms with van der Waals surface area (Å²) < 4.78 is 0. The van der Waals surface area contributed by atoms with Crippen molar-refractivity contribution in [2.24, 2.45) is 5.92 Å². The molecule has 18 heavy (non-hydrogen) atoms. The minimum Gasteiger partial charge on any atom is -0.352 e. The van der Waals surface area contributed by atoms with Crippen molar-refractivity contribution in [3.05, 3.63) is 48.0 Å². The molecule has 2 aromatic rings. The van der Waals surface area contributed by atoms with E-state index in [9.17, 15) is 4.79 Å². The Bertz CT molecular complexity index is 553. The highest BCUT2D eigenvalue weighted by Gasteiger charge is 2.09. The molecule has 0 aromatic heterocycles. The standard InChI is InChI=1S/C15H17NOS/c1-11(10-18)15(17)16-9-12-6-7-13-4-2-3-5-14(13)8-12/h2-8,11,18H,9-10H2,1H3,(H,16,17). The van der Waals surface area contributed by atoms with Crippen molar-refractivity contribution in [2.45, 2.75) is 13.5 Å². The van der Waals surface area contributed by atoms with Crippen LogP contribution in [0.25, 0.3) is 10.8 Å². The van der Waals surface area contributed by atoms with Gasteiger partial charge in [0, 0.05) is 18.2 Å². The van der Waals surface area contributed by atoms with Crippen molar-refractivity contribution in [1.29, 1.82) is 0 Å². The van der Waals surface area contributed by atoms with Crippen LogP contribution in [0.3, 0.4) is 0 Å². The molecule has 1 amide bonds. The van der Waals surface area contributed by atoms with Crippen molar-refractivity contribution >= 4 is 29.3 Å². The van der Waals surface area contributed by atoms with Crippen LogP contribution in [0, 0.1) is 5.92 Å². The van der Waals surface area contributed by atoms with Gasteiger partial charge in [-0.05, 0) is 22.4 Å². The van der Waals surface area contributed by atoms with Gasteiger partial charge in [-0.1, -0.05) is 43.3 Å². The number of benzene rings is 2. The molecule has 2 aromatic carbocycles. The summed E-state index contributed by atoms with van der Waals surface area (Å²) in [5.74, 6) is 0.579. The Morgan fingerprint density at radius 1 is 1.22 bits per heavy atom. The van der Waals surface area contributed by atoms with Crippen molar-refractivity contribution in [2.75, 3.05) is 5.75 Å². The summed E-state index contributed by atoms with van der Waals surface area (Å²) in [4.78, 5) is 11.7. The van der Waals surface area contributed by atoms with Crippen molar-refractivity contribution in [3.8, 4) is 0 Å². The lowest BCUT2D eigenvalue weighted by Crippen LogP contribution is -2.29. The Morgan fingerprint density at radius 2 is 1.94 bits per heavy atom. The number of hydrogen-bond donors (Lipinski definition) is 2. The summed E-state index contributed by atoms with van der Waals surface area (Å²) in [6.07, 6.45) is 0. The van der Waals surface area contributed by atoms with Gasteiger partial charge < -0.3 is 5.32 Å². The predicted octanol–water partition coefficient (Wildman–Crippen LogP) is 3.02. The molecule has 0 bridgehead atoms. The van der Waals surface area contributed by atoms with Crippen LogP contribution in [0.1, 0.15) is 12.5 Å². The molecule has 94 valence electrons. The van der Waals surface area contributed by atoms with Crippen LogP contribution < -0.4 is 5.32 Å². The fourth-order valence-corrected chi connectivity index (χ4v) is 1.96. The van der Waals surface area contributed by atoms with Crippen LogP contribution in [0.2, 0.25) is 0 Å². The summed E-state index contributed by atoms with van der Waals surface area (Å²) in [5.41, 5.74) is 1.12. The number of thiol groups is 1. The Kier molecular flexibility index (Phi) is 4.26. The fraction of sp³-hybridized carbons (Fsp3) is 0.267. The van der Waals surface area contributed by atoms with Gasteiger partial charge in [0.1, 0.15) is 0 Å². The first-order valence-corrected chi connectivity index (χ1v) is 6.70. The Labute approximate surface area is 113 Å². The van der Waals surface area contributed by atoms with Gasteiger partial charge in [0.25, 0.3) is 0 Å². The number of fused-ring (bicyclic) bond motifs is 1. The Hall–Kier alpha value is -1.48. The highest BCUT2D eigenvalue weighted by molar-refractivity contribution is 7.80. The average Bonchev–Trinajstić information content (AvgIpc) is 2.43. The summed E-state index contributed by atoms with van der Waals surface area (Å²) in [6, 6.07) is 14.5. The van der Waals surface area contributed by atoms with Gasteiger partial charge in [-0.15, -0.1) is 0 Å². The van der Waals surface area contributed by atoms with E-state index in [2.05, 4.69) is 42.2 Å². The summed E-state index contributed by atoms with van der Waals surface area (Å²) >= 11 is 4.12. The first-order chi connectivity index (χ1) is 8.70. The van der Waals surface area contributed by atoms with E-state index in [0.29, 0.717) is 12.3 Å². The monoisotopic (exact) mass is 259 g/mol. The highest BCUT2D eigenvalue weighted by atomic mass is 32.1. The third kappa shape index (κ3) is 3.05. The molecule has 3 heteroatoms. The third-order valence-corrected chi connectivity index (χ3v) is 3.55. The fourth-order valence-electron chi connectivity index (χ4n) is 1.80. The molecular formula is C15H17NOS. The van der Waals surface area contributed by atoms with Gasteiger partial charge in [-0.2, -0.15) is 12.6 Å². The molecule has 0 aliphatic carbocycles. The van der Waals surface area contributed by atoms with Crippen LogP contribution >= 0.6 is 12.6 Å². The molecule has 1 atom stereocenters. The summed E-state index contributed by atoms with van der Waals surface area (Å²) in [7, 11) is 0. The lowest BCUT2D eigenvalue weighted by molar-refractivity contribution is -0.123. The van der Waals surface area contributed by atoms with Gasteiger partial charge >= 0.3 is 0 Å². The van der Waals surface area contributed by atoms with Crippen LogP contribution in [0.5, 0.6) is 0 Å². The van der Waals surface area contributed by atoms with Crippen LogP contribution in [0.4, 0.5) is 0 Å². The molecule has 1 N–H and O–H groups in total. The molecule has 0 aliphatic heterocycles. The number of rotatable bonds is 4. The van der Waals surface area contributed by atoms with E-state index in [1.807, 2.05) is 25.1 Å². The van der Waals surface area contributed by atoms with Crippen molar-refractivity contribution in [1.82, 2.24) is 5.32 Å². The lowest BCUT2D eigenvalue weighted by atomic mass is 10.1. The summed E-state index contributed by atoms with van der Waals surface area (Å²) in [5, 5.41) is 5.35. The molecule has 2 rings (SSSR count). The maximum Gasteiger partial charge on any atom is 0.223 e. The molecule has 2 nitrogen and oxygen atoms in total. The number of carbonyl (C=O) groups excluding carboxylic acids is 1. The molecule has 0 fully saturated rings. The largest absolute Gasteiger partial charge is 0.352 e. The molecular weight excluding hydrogens is 242 g/mol. The zero-order valence-corrected chi connectivity index (χ0v) is 11.3. The molecule has 0 aliphatic rings. The quantitative estimate of drug-likeness (QED) is 0.812. The average molecular weight is 259 g/mol. The number of amides is 1. The topological polar surface area (TPSA) is 29.1 Å². The maximum absolute atomic E-state index is 11.7. The van der Waals surface area contributed by atoms with E-state index < -0.39 is 0 Å². The smallest absolute Gasteiger partial charge is 0.223 e. The number of hydrogen-bond acceptors (Lipinski definition) is 2. The van der Waals surface area contributed by atoms with Gasteiger partial charge in [-0.25, -0.2) is 0 Å². The maximum atomic E-state index is 11.7. The van der Waals surface area contributed by atoms with Gasteiger partial charge in [0.15, 0.2) is 0 Å². The second kappa shape index (κ2) is 5.91. The normalized spacial score (nSPS) is 12.3. The molecule has 0 heterocycles. The summed E-state index contributed by atoms with van der Waals surface area (Å²) in [6.45, 7) is 2.45. The van der Waals surface area contributed by atoms with Crippen molar-refractivity contribution in [3.63, 3.8) is 0 Å². The lowest BCUT2D eigenvalue weighted by Gasteiger charge is -2.10. The minimum absolute atomic E-state index is 0.0474. The first-order valence-electron chi connectivity index (χ1n) is 6.07. The predicted molar refractivity (Wildman–Crippen MR) is 78.8 cm³/mol. The minimum atomic E-state index is -0.0474. The number of carbonyl (C=O) groups is 1. The Balaban J connectivity index is 2.06. The van der Waals surface area contributed by atoms with E-state index >= 15 is 0 Å².